The van der Waals surface area contributed by atoms with Crippen molar-refractivity contribution in [3.05, 3.63) is 100 Å². The average molecular weight is 392 g/mol. The Labute approximate surface area is 167 Å². The molecule has 2 atom stereocenters. The monoisotopic (exact) mass is 391 g/mol. The van der Waals surface area contributed by atoms with E-state index in [1.54, 1.807) is 67.6 Å². The third kappa shape index (κ3) is 2.73. The van der Waals surface area contributed by atoms with Crippen LogP contribution >= 0.6 is 11.6 Å². The average Bonchev–Trinajstić information content (AvgIpc) is 2.98. The molecule has 0 radical (unpaired) electrons. The van der Waals surface area contributed by atoms with Crippen LogP contribution in [0.2, 0.25) is 5.02 Å². The summed E-state index contributed by atoms with van der Waals surface area (Å²) in [6.45, 7) is 1.77. The van der Waals surface area contributed by atoms with E-state index in [1.807, 2.05) is 12.1 Å². The lowest BCUT2D eigenvalue weighted by molar-refractivity contribution is -0.135. The zero-order valence-corrected chi connectivity index (χ0v) is 15.9. The second-order valence-corrected chi connectivity index (χ2v) is 7.30. The van der Waals surface area contributed by atoms with Crippen molar-refractivity contribution in [2.45, 2.75) is 18.4 Å². The molecular weight excluding hydrogens is 374 g/mol. The second kappa shape index (κ2) is 6.89. The Morgan fingerprint density at radius 1 is 1.00 bits per heavy atom. The number of halogens is 1. The van der Waals surface area contributed by atoms with E-state index in [0.717, 1.165) is 0 Å². The summed E-state index contributed by atoms with van der Waals surface area (Å²) in [5.41, 5.74) is 0.423. The Hall–Kier alpha value is -2.95. The van der Waals surface area contributed by atoms with Crippen LogP contribution in [-0.4, -0.2) is 16.8 Å². The third-order valence-corrected chi connectivity index (χ3v) is 5.67. The highest BCUT2D eigenvalue weighted by atomic mass is 35.5. The molecule has 5 heteroatoms. The number of anilines is 1. The summed E-state index contributed by atoms with van der Waals surface area (Å²) in [5, 5.41) is 14.9. The Bertz CT molecular complexity index is 1070. The maximum Gasteiger partial charge on any atom is 0.262 e. The van der Waals surface area contributed by atoms with Gasteiger partial charge in [0.25, 0.3) is 5.91 Å². The molecule has 1 heterocycles. The van der Waals surface area contributed by atoms with Crippen LogP contribution in [0.3, 0.4) is 0 Å². The molecule has 2 unspecified atom stereocenters. The third-order valence-electron chi connectivity index (χ3n) is 5.27. The Balaban J connectivity index is 1.95. The van der Waals surface area contributed by atoms with Gasteiger partial charge in [-0.3, -0.25) is 9.59 Å². The number of hydrogen-bond donors (Lipinski definition) is 2. The van der Waals surface area contributed by atoms with Crippen molar-refractivity contribution in [1.29, 1.82) is 0 Å². The number of fused-ring (bicyclic) bond motifs is 1. The van der Waals surface area contributed by atoms with Crippen molar-refractivity contribution in [2.24, 2.45) is 0 Å². The largest absolute Gasteiger partial charge is 0.374 e. The number of amides is 1. The van der Waals surface area contributed by atoms with E-state index in [0.29, 0.717) is 33.0 Å². The summed E-state index contributed by atoms with van der Waals surface area (Å²) in [6, 6.07) is 20.8. The lowest BCUT2D eigenvalue weighted by Gasteiger charge is -2.30. The molecule has 0 fully saturated rings. The summed E-state index contributed by atoms with van der Waals surface area (Å²) >= 11 is 6.19. The van der Waals surface area contributed by atoms with Gasteiger partial charge in [0.05, 0.1) is 11.6 Å². The maximum atomic E-state index is 13.5. The molecular formula is C23H18ClNO3. The first-order chi connectivity index (χ1) is 13.4. The zero-order chi connectivity index (χ0) is 19.9. The summed E-state index contributed by atoms with van der Waals surface area (Å²) in [6.07, 6.45) is 0. The molecule has 28 heavy (non-hydrogen) atoms. The van der Waals surface area contributed by atoms with E-state index < -0.39 is 17.4 Å². The number of aliphatic hydroxyl groups is 1. The number of nitrogens with one attached hydrogen (secondary N) is 1. The van der Waals surface area contributed by atoms with Crippen molar-refractivity contribution >= 4 is 29.0 Å². The van der Waals surface area contributed by atoms with Gasteiger partial charge in [0.2, 0.25) is 0 Å². The van der Waals surface area contributed by atoms with E-state index in [1.165, 1.54) is 0 Å². The van der Waals surface area contributed by atoms with Crippen LogP contribution in [0.1, 0.15) is 33.0 Å². The molecule has 3 aromatic rings. The van der Waals surface area contributed by atoms with E-state index in [-0.39, 0.29) is 5.78 Å². The first kappa shape index (κ1) is 18.4. The standard InChI is InChI=1S/C23H18ClNO3/c1-14-18(24)13-12-17-20(14)25-22(27)23(17,28)19(15-8-4-2-5-9-15)21(26)16-10-6-3-7-11-16/h2-13,19,28H,1H3,(H,25,27). The smallest absolute Gasteiger partial charge is 0.262 e. The molecule has 3 aromatic carbocycles. The van der Waals surface area contributed by atoms with E-state index in [4.69, 9.17) is 11.6 Å². The van der Waals surface area contributed by atoms with Crippen LogP contribution in [0, 0.1) is 6.92 Å². The van der Waals surface area contributed by atoms with Crippen molar-refractivity contribution in [3.8, 4) is 0 Å². The summed E-state index contributed by atoms with van der Waals surface area (Å²) < 4.78 is 0. The van der Waals surface area contributed by atoms with Gasteiger partial charge in [-0.1, -0.05) is 78.3 Å². The molecule has 0 spiro atoms. The molecule has 0 bridgehead atoms. The van der Waals surface area contributed by atoms with Gasteiger partial charge in [-0.2, -0.15) is 0 Å². The molecule has 0 saturated carbocycles. The predicted octanol–water partition coefficient (Wildman–Crippen LogP) is 4.45. The van der Waals surface area contributed by atoms with Gasteiger partial charge < -0.3 is 10.4 Å². The van der Waals surface area contributed by atoms with Gasteiger partial charge in [0.1, 0.15) is 0 Å². The van der Waals surface area contributed by atoms with Crippen LogP contribution in [0.25, 0.3) is 0 Å². The van der Waals surface area contributed by atoms with Crippen molar-refractivity contribution in [1.82, 2.24) is 0 Å². The Morgan fingerprint density at radius 3 is 2.25 bits per heavy atom. The number of Topliss-reactive ketones (excluding diaryl/α,β-unsaturated/α-hetero) is 1. The predicted molar refractivity (Wildman–Crippen MR) is 109 cm³/mol. The van der Waals surface area contributed by atoms with Crippen LogP contribution in [-0.2, 0) is 10.4 Å². The minimum atomic E-state index is -2.04. The zero-order valence-electron chi connectivity index (χ0n) is 15.1. The molecule has 1 aliphatic rings. The molecule has 4 nitrogen and oxygen atoms in total. The highest BCUT2D eigenvalue weighted by molar-refractivity contribution is 6.32. The fourth-order valence-corrected chi connectivity index (χ4v) is 3.94. The van der Waals surface area contributed by atoms with Crippen LogP contribution < -0.4 is 5.32 Å². The number of ketones is 1. The molecule has 1 amide bonds. The second-order valence-electron chi connectivity index (χ2n) is 6.89. The lowest BCUT2D eigenvalue weighted by atomic mass is 9.74. The van der Waals surface area contributed by atoms with E-state index >= 15 is 0 Å². The van der Waals surface area contributed by atoms with Crippen LogP contribution in [0.15, 0.2) is 72.8 Å². The Kier molecular flexibility index (Phi) is 4.53. The van der Waals surface area contributed by atoms with Gasteiger partial charge in [0.15, 0.2) is 11.4 Å². The first-order valence-electron chi connectivity index (χ1n) is 8.92. The van der Waals surface area contributed by atoms with Crippen molar-refractivity contribution < 1.29 is 14.7 Å². The topological polar surface area (TPSA) is 66.4 Å². The molecule has 2 N–H and O–H groups in total. The number of carbonyl (C=O) groups is 2. The molecule has 0 saturated heterocycles. The SMILES string of the molecule is Cc1c(Cl)ccc2c1NC(=O)C2(O)C(C(=O)c1ccccc1)c1ccccc1. The van der Waals surface area contributed by atoms with E-state index in [9.17, 15) is 14.7 Å². The quantitative estimate of drug-likeness (QED) is 0.645. The van der Waals surface area contributed by atoms with Gasteiger partial charge in [-0.15, -0.1) is 0 Å². The summed E-state index contributed by atoms with van der Waals surface area (Å²) in [5.74, 6) is -2.06. The van der Waals surface area contributed by atoms with Crippen molar-refractivity contribution in [3.63, 3.8) is 0 Å². The number of hydrogen-bond acceptors (Lipinski definition) is 3. The molecule has 140 valence electrons. The summed E-state index contributed by atoms with van der Waals surface area (Å²) in [4.78, 5) is 26.5. The minimum absolute atomic E-state index is 0.329. The van der Waals surface area contributed by atoms with Gasteiger partial charge in [-0.05, 0) is 24.1 Å². The van der Waals surface area contributed by atoms with Crippen molar-refractivity contribution in [2.75, 3.05) is 5.32 Å². The number of rotatable bonds is 4. The van der Waals surface area contributed by atoms with Gasteiger partial charge in [0, 0.05) is 16.1 Å². The highest BCUT2D eigenvalue weighted by Crippen LogP contribution is 2.48. The summed E-state index contributed by atoms with van der Waals surface area (Å²) in [7, 11) is 0. The molecule has 0 aromatic heterocycles. The van der Waals surface area contributed by atoms with Gasteiger partial charge in [-0.25, -0.2) is 0 Å². The minimum Gasteiger partial charge on any atom is -0.374 e. The maximum absolute atomic E-state index is 13.5. The molecule has 1 aliphatic heterocycles. The highest BCUT2D eigenvalue weighted by Gasteiger charge is 2.55. The molecule has 0 aliphatic carbocycles. The lowest BCUT2D eigenvalue weighted by Crippen LogP contribution is -2.44. The number of benzene rings is 3. The first-order valence-corrected chi connectivity index (χ1v) is 9.30. The van der Waals surface area contributed by atoms with E-state index in [2.05, 4.69) is 5.32 Å². The van der Waals surface area contributed by atoms with Gasteiger partial charge >= 0.3 is 0 Å². The fourth-order valence-electron chi connectivity index (χ4n) is 3.78. The fraction of sp³-hybridized carbons (Fsp3) is 0.130. The van der Waals surface area contributed by atoms with Crippen LogP contribution in [0.4, 0.5) is 5.69 Å². The molecule has 4 rings (SSSR count). The Morgan fingerprint density at radius 2 is 1.61 bits per heavy atom. The van der Waals surface area contributed by atoms with Crippen LogP contribution in [0.5, 0.6) is 0 Å². The normalized spacial score (nSPS) is 19.0. The number of carbonyl (C=O) groups excluding carboxylic acids is 2.